The molecule has 3 nitrogen and oxygen atoms in total. The Labute approximate surface area is 124 Å². The zero-order chi connectivity index (χ0) is 13.7. The molecule has 2 rings (SSSR count). The lowest BCUT2D eigenvalue weighted by Gasteiger charge is -2.06. The van der Waals surface area contributed by atoms with Crippen LogP contribution in [0.2, 0.25) is 0 Å². The van der Waals surface area contributed by atoms with Crippen LogP contribution in [0, 0.1) is 11.8 Å². The van der Waals surface area contributed by atoms with E-state index in [1.807, 2.05) is 24.3 Å². The van der Waals surface area contributed by atoms with Gasteiger partial charge in [-0.25, -0.2) is 0 Å². The van der Waals surface area contributed by atoms with E-state index in [2.05, 4.69) is 33.1 Å². The minimum absolute atomic E-state index is 0.149. The summed E-state index contributed by atoms with van der Waals surface area (Å²) in [4.78, 5) is 12.1. The quantitative estimate of drug-likeness (QED) is 0.829. The minimum Gasteiger partial charge on any atom is -0.321 e. The Morgan fingerprint density at radius 1 is 1.42 bits per heavy atom. The van der Waals surface area contributed by atoms with Crippen LogP contribution in [0.1, 0.15) is 15.9 Å². The van der Waals surface area contributed by atoms with Crippen LogP contribution in [-0.4, -0.2) is 12.5 Å². The molecule has 0 atom stereocenters. The second-order valence-electron chi connectivity index (χ2n) is 3.65. The van der Waals surface area contributed by atoms with Crippen molar-refractivity contribution in [1.29, 1.82) is 0 Å². The summed E-state index contributed by atoms with van der Waals surface area (Å²) in [6, 6.07) is 9.18. The monoisotopic (exact) mass is 334 g/mol. The molecular formula is C14H11BrN2OS. The van der Waals surface area contributed by atoms with Gasteiger partial charge in [0.1, 0.15) is 0 Å². The van der Waals surface area contributed by atoms with Gasteiger partial charge in [0.2, 0.25) is 0 Å². The number of rotatable bonds is 2. The molecule has 1 aromatic heterocycles. The maximum Gasteiger partial charge on any atom is 0.256 e. The van der Waals surface area contributed by atoms with Crippen LogP contribution in [0.4, 0.5) is 5.69 Å². The molecule has 19 heavy (non-hydrogen) atoms. The molecule has 0 bridgehead atoms. The van der Waals surface area contributed by atoms with E-state index >= 15 is 0 Å². The van der Waals surface area contributed by atoms with Gasteiger partial charge in [-0.1, -0.05) is 24.0 Å². The number of halogens is 1. The number of thiophene rings is 1. The first-order valence-electron chi connectivity index (χ1n) is 5.54. The predicted octanol–water partition coefficient (Wildman–Crippen LogP) is 3.07. The van der Waals surface area contributed by atoms with E-state index in [9.17, 15) is 4.79 Å². The Bertz CT molecular complexity index is 655. The molecule has 0 unspecified atom stereocenters. The lowest BCUT2D eigenvalue weighted by atomic mass is 10.1. The number of carbonyl (C=O) groups is 1. The molecule has 2 aromatic rings. The summed E-state index contributed by atoms with van der Waals surface area (Å²) in [5.74, 6) is 5.57. The van der Waals surface area contributed by atoms with Crippen LogP contribution in [-0.2, 0) is 0 Å². The van der Waals surface area contributed by atoms with Crippen LogP contribution in [0.25, 0.3) is 0 Å². The summed E-state index contributed by atoms with van der Waals surface area (Å²) in [6.07, 6.45) is 0. The Morgan fingerprint density at radius 3 is 2.89 bits per heavy atom. The van der Waals surface area contributed by atoms with Gasteiger partial charge in [-0.15, -0.1) is 11.3 Å². The zero-order valence-corrected chi connectivity index (χ0v) is 12.3. The number of anilines is 1. The van der Waals surface area contributed by atoms with Crippen molar-refractivity contribution in [2.45, 2.75) is 0 Å². The fourth-order valence-corrected chi connectivity index (χ4v) is 2.61. The summed E-state index contributed by atoms with van der Waals surface area (Å²) < 4.78 is 0.925. The number of nitrogens with two attached hydrogens (primary N) is 1. The number of nitrogens with one attached hydrogen (secondary N) is 1. The average molecular weight is 335 g/mol. The summed E-state index contributed by atoms with van der Waals surface area (Å²) in [5.41, 5.74) is 7.43. The largest absolute Gasteiger partial charge is 0.321 e. The number of benzene rings is 1. The molecule has 0 aliphatic rings. The van der Waals surface area contributed by atoms with Gasteiger partial charge < -0.3 is 11.1 Å². The first kappa shape index (κ1) is 13.8. The molecule has 0 saturated carbocycles. The third-order valence-corrected chi connectivity index (χ3v) is 3.83. The number of hydrogen-bond acceptors (Lipinski definition) is 3. The highest BCUT2D eigenvalue weighted by atomic mass is 79.9. The highest BCUT2D eigenvalue weighted by Crippen LogP contribution is 2.22. The number of hydrogen-bond donors (Lipinski definition) is 2. The number of para-hydroxylation sites is 1. The predicted molar refractivity (Wildman–Crippen MR) is 82.3 cm³/mol. The van der Waals surface area contributed by atoms with Crippen molar-refractivity contribution in [2.24, 2.45) is 5.73 Å². The molecule has 96 valence electrons. The van der Waals surface area contributed by atoms with Crippen molar-refractivity contribution < 1.29 is 4.79 Å². The standard InChI is InChI=1S/C14H11BrN2OS/c15-13-8-11(9-19-13)14(18)17-12-6-2-1-4-10(12)5-3-7-16/h1-2,4,6,8-9H,7,16H2,(H,17,18). The van der Waals surface area contributed by atoms with Crippen molar-refractivity contribution in [3.63, 3.8) is 0 Å². The van der Waals surface area contributed by atoms with Gasteiger partial charge in [0.25, 0.3) is 5.91 Å². The van der Waals surface area contributed by atoms with Crippen LogP contribution in [0.3, 0.4) is 0 Å². The second-order valence-corrected chi connectivity index (χ2v) is 5.94. The lowest BCUT2D eigenvalue weighted by molar-refractivity contribution is 0.102. The van der Waals surface area contributed by atoms with Crippen molar-refractivity contribution >= 4 is 38.9 Å². The second kappa shape index (κ2) is 6.53. The normalized spacial score (nSPS) is 9.58. The Kier molecular flexibility index (Phi) is 4.74. The van der Waals surface area contributed by atoms with Crippen molar-refractivity contribution in [1.82, 2.24) is 0 Å². The fourth-order valence-electron chi connectivity index (χ4n) is 1.47. The van der Waals surface area contributed by atoms with Crippen LogP contribution in [0.5, 0.6) is 0 Å². The molecule has 0 spiro atoms. The first-order chi connectivity index (χ1) is 9.20. The Hall–Kier alpha value is -1.61. The number of carbonyl (C=O) groups excluding carboxylic acids is 1. The minimum atomic E-state index is -0.149. The third-order valence-electron chi connectivity index (χ3n) is 2.33. The van der Waals surface area contributed by atoms with Crippen molar-refractivity contribution in [3.8, 4) is 11.8 Å². The first-order valence-corrected chi connectivity index (χ1v) is 7.21. The van der Waals surface area contributed by atoms with Crippen LogP contribution < -0.4 is 11.1 Å². The van der Waals surface area contributed by atoms with E-state index in [0.29, 0.717) is 17.8 Å². The van der Waals surface area contributed by atoms with E-state index in [0.717, 1.165) is 9.35 Å². The molecule has 1 amide bonds. The molecule has 1 aromatic carbocycles. The Balaban J connectivity index is 2.21. The average Bonchev–Trinajstić information content (AvgIpc) is 2.84. The van der Waals surface area contributed by atoms with Gasteiger partial charge in [-0.2, -0.15) is 0 Å². The molecule has 1 heterocycles. The van der Waals surface area contributed by atoms with E-state index in [4.69, 9.17) is 5.73 Å². The fraction of sp³-hybridized carbons (Fsp3) is 0.0714. The van der Waals surface area contributed by atoms with E-state index in [1.165, 1.54) is 11.3 Å². The zero-order valence-electron chi connectivity index (χ0n) is 9.94. The highest BCUT2D eigenvalue weighted by molar-refractivity contribution is 9.11. The third kappa shape index (κ3) is 3.67. The molecule has 0 aliphatic heterocycles. The smallest absolute Gasteiger partial charge is 0.256 e. The molecule has 0 fully saturated rings. The molecule has 3 N–H and O–H groups in total. The maximum atomic E-state index is 12.1. The molecule has 0 radical (unpaired) electrons. The molecule has 5 heteroatoms. The summed E-state index contributed by atoms with van der Waals surface area (Å²) >= 11 is 4.81. The van der Waals surface area contributed by atoms with E-state index < -0.39 is 0 Å². The van der Waals surface area contributed by atoms with Crippen LogP contribution in [0.15, 0.2) is 39.5 Å². The topological polar surface area (TPSA) is 55.1 Å². The summed E-state index contributed by atoms with van der Waals surface area (Å²) in [6.45, 7) is 0.291. The summed E-state index contributed by atoms with van der Waals surface area (Å²) in [5, 5.41) is 4.65. The van der Waals surface area contributed by atoms with Gasteiger partial charge in [-0.3, -0.25) is 4.79 Å². The molecule has 0 saturated heterocycles. The Morgan fingerprint density at radius 2 is 2.21 bits per heavy atom. The molecular weight excluding hydrogens is 324 g/mol. The lowest BCUT2D eigenvalue weighted by Crippen LogP contribution is -2.11. The van der Waals surface area contributed by atoms with Crippen molar-refractivity contribution in [3.05, 3.63) is 50.6 Å². The SMILES string of the molecule is NCC#Cc1ccccc1NC(=O)c1csc(Br)c1. The van der Waals surface area contributed by atoms with E-state index in [1.54, 1.807) is 11.4 Å². The van der Waals surface area contributed by atoms with Gasteiger partial charge in [0, 0.05) is 10.9 Å². The summed E-state index contributed by atoms with van der Waals surface area (Å²) in [7, 11) is 0. The molecule has 0 aliphatic carbocycles. The van der Waals surface area contributed by atoms with Gasteiger partial charge in [-0.05, 0) is 34.1 Å². The highest BCUT2D eigenvalue weighted by Gasteiger charge is 2.09. The number of amides is 1. The van der Waals surface area contributed by atoms with Gasteiger partial charge in [0.05, 0.1) is 21.6 Å². The van der Waals surface area contributed by atoms with E-state index in [-0.39, 0.29) is 5.91 Å². The van der Waals surface area contributed by atoms with Gasteiger partial charge >= 0.3 is 0 Å². The maximum absolute atomic E-state index is 12.1. The van der Waals surface area contributed by atoms with Gasteiger partial charge in [0.15, 0.2) is 0 Å². The van der Waals surface area contributed by atoms with Crippen molar-refractivity contribution in [2.75, 3.05) is 11.9 Å². The van der Waals surface area contributed by atoms with Crippen LogP contribution >= 0.6 is 27.3 Å².